The van der Waals surface area contributed by atoms with Crippen LogP contribution in [0.4, 0.5) is 0 Å². The van der Waals surface area contributed by atoms with Gasteiger partial charge in [-0.05, 0) is 49.7 Å². The molecule has 1 aromatic carbocycles. The minimum atomic E-state index is -0.00259. The number of thiophene rings is 1. The fraction of sp³-hybridized carbons (Fsp3) is 0.346. The smallest absolute Gasteiger partial charge is 0.259 e. The maximum Gasteiger partial charge on any atom is 0.259 e. The standard InChI is InChI=1S/C26H26N4O4S/c1-16-3-6-23(35-16)20-14-19(24-17(2)28-34-25(24)27-20)26(31)30-9-7-29(8-10-30)15-18-4-5-21-22(13-18)33-12-11-32-21/h3-6,13-14H,7-12,15H2,1-2H3. The lowest BCUT2D eigenvalue weighted by molar-refractivity contribution is 0.0630. The summed E-state index contributed by atoms with van der Waals surface area (Å²) in [7, 11) is 0. The third kappa shape index (κ3) is 4.26. The molecular formula is C26H26N4O4S. The topological polar surface area (TPSA) is 80.9 Å². The quantitative estimate of drug-likeness (QED) is 0.422. The molecular weight excluding hydrogens is 464 g/mol. The maximum absolute atomic E-state index is 13.7. The Morgan fingerprint density at radius 3 is 2.57 bits per heavy atom. The van der Waals surface area contributed by atoms with Crippen molar-refractivity contribution in [3.05, 3.63) is 58.1 Å². The second kappa shape index (κ2) is 8.98. The van der Waals surface area contributed by atoms with E-state index < -0.39 is 0 Å². The number of carbonyl (C=O) groups excluding carboxylic acids is 1. The largest absolute Gasteiger partial charge is 0.486 e. The molecule has 0 radical (unpaired) electrons. The minimum Gasteiger partial charge on any atom is -0.486 e. The van der Waals surface area contributed by atoms with Crippen LogP contribution in [-0.4, -0.2) is 65.2 Å². The van der Waals surface area contributed by atoms with E-state index in [1.165, 1.54) is 10.4 Å². The van der Waals surface area contributed by atoms with Gasteiger partial charge in [0.05, 0.1) is 27.2 Å². The SMILES string of the molecule is Cc1ccc(-c2cc(C(=O)N3CCN(Cc4ccc5c(c4)OCCO5)CC3)c3c(C)noc3n2)s1. The molecule has 9 heteroatoms. The van der Waals surface area contributed by atoms with E-state index in [-0.39, 0.29) is 5.91 Å². The van der Waals surface area contributed by atoms with Crippen LogP contribution in [-0.2, 0) is 6.54 Å². The molecule has 0 spiro atoms. The molecule has 2 aliphatic heterocycles. The molecule has 0 bridgehead atoms. The van der Waals surface area contributed by atoms with Crippen LogP contribution in [0, 0.1) is 13.8 Å². The van der Waals surface area contributed by atoms with Crippen LogP contribution in [0.5, 0.6) is 11.5 Å². The number of ether oxygens (including phenoxy) is 2. The van der Waals surface area contributed by atoms with Gasteiger partial charge in [-0.2, -0.15) is 0 Å². The zero-order chi connectivity index (χ0) is 23.9. The number of fused-ring (bicyclic) bond motifs is 2. The molecule has 0 N–H and O–H groups in total. The van der Waals surface area contributed by atoms with Gasteiger partial charge in [0.2, 0.25) is 0 Å². The molecule has 0 saturated carbocycles. The van der Waals surface area contributed by atoms with Gasteiger partial charge >= 0.3 is 0 Å². The number of hydrogen-bond acceptors (Lipinski definition) is 8. The highest BCUT2D eigenvalue weighted by molar-refractivity contribution is 7.15. The Labute approximate surface area is 207 Å². The molecule has 4 aromatic rings. The predicted octanol–water partition coefficient (Wildman–Crippen LogP) is 4.30. The first-order chi connectivity index (χ1) is 17.0. The average molecular weight is 491 g/mol. The summed E-state index contributed by atoms with van der Waals surface area (Å²) >= 11 is 1.65. The number of piperazine rings is 1. The van der Waals surface area contributed by atoms with Gasteiger partial charge in [0, 0.05) is 37.6 Å². The first-order valence-corrected chi connectivity index (χ1v) is 12.6. The Morgan fingerprint density at radius 2 is 1.80 bits per heavy atom. The molecule has 1 fully saturated rings. The van der Waals surface area contributed by atoms with Crippen LogP contribution < -0.4 is 9.47 Å². The van der Waals surface area contributed by atoms with Crippen LogP contribution >= 0.6 is 11.3 Å². The number of pyridine rings is 1. The summed E-state index contributed by atoms with van der Waals surface area (Å²) in [6, 6.07) is 12.1. The monoisotopic (exact) mass is 490 g/mol. The summed E-state index contributed by atoms with van der Waals surface area (Å²) in [5, 5.41) is 4.78. The highest BCUT2D eigenvalue weighted by Crippen LogP contribution is 2.33. The third-order valence-electron chi connectivity index (χ3n) is 6.51. The van der Waals surface area contributed by atoms with Gasteiger partial charge in [0.1, 0.15) is 13.2 Å². The fourth-order valence-electron chi connectivity index (χ4n) is 4.69. The molecule has 6 rings (SSSR count). The molecule has 35 heavy (non-hydrogen) atoms. The zero-order valence-electron chi connectivity index (χ0n) is 19.7. The summed E-state index contributed by atoms with van der Waals surface area (Å²) in [5.41, 5.74) is 3.62. The highest BCUT2D eigenvalue weighted by atomic mass is 32.1. The molecule has 2 aliphatic rings. The van der Waals surface area contributed by atoms with Crippen molar-refractivity contribution in [1.29, 1.82) is 0 Å². The van der Waals surface area contributed by atoms with Crippen molar-refractivity contribution < 1.29 is 18.8 Å². The molecule has 180 valence electrons. The van der Waals surface area contributed by atoms with Crippen LogP contribution in [0.3, 0.4) is 0 Å². The Morgan fingerprint density at radius 1 is 1.00 bits per heavy atom. The van der Waals surface area contributed by atoms with Crippen molar-refractivity contribution in [2.75, 3.05) is 39.4 Å². The number of aryl methyl sites for hydroxylation is 2. The number of carbonyl (C=O) groups is 1. The number of aromatic nitrogens is 2. The van der Waals surface area contributed by atoms with Gasteiger partial charge in [-0.3, -0.25) is 9.69 Å². The summed E-state index contributed by atoms with van der Waals surface area (Å²) in [6.45, 7) is 8.81. The molecule has 1 saturated heterocycles. The molecule has 5 heterocycles. The minimum absolute atomic E-state index is 0.00259. The molecule has 8 nitrogen and oxygen atoms in total. The number of hydrogen-bond donors (Lipinski definition) is 0. The summed E-state index contributed by atoms with van der Waals surface area (Å²) < 4.78 is 16.8. The molecule has 0 atom stereocenters. The fourth-order valence-corrected chi connectivity index (χ4v) is 5.51. The van der Waals surface area contributed by atoms with Crippen molar-refractivity contribution >= 4 is 28.3 Å². The van der Waals surface area contributed by atoms with Gasteiger partial charge in [-0.25, -0.2) is 4.98 Å². The number of amides is 1. The summed E-state index contributed by atoms with van der Waals surface area (Å²) in [5.74, 6) is 1.61. The molecule has 0 aliphatic carbocycles. The summed E-state index contributed by atoms with van der Waals surface area (Å²) in [6.07, 6.45) is 0. The highest BCUT2D eigenvalue weighted by Gasteiger charge is 2.27. The van der Waals surface area contributed by atoms with Crippen molar-refractivity contribution in [3.63, 3.8) is 0 Å². The van der Waals surface area contributed by atoms with E-state index in [1.807, 2.05) is 30.0 Å². The van der Waals surface area contributed by atoms with Crippen LogP contribution in [0.25, 0.3) is 21.7 Å². The zero-order valence-corrected chi connectivity index (χ0v) is 20.6. The second-order valence-electron chi connectivity index (χ2n) is 8.96. The van der Waals surface area contributed by atoms with Gasteiger partial charge < -0.3 is 18.9 Å². The van der Waals surface area contributed by atoms with Crippen molar-refractivity contribution in [2.24, 2.45) is 0 Å². The summed E-state index contributed by atoms with van der Waals surface area (Å²) in [4.78, 5) is 24.8. The van der Waals surface area contributed by atoms with E-state index in [9.17, 15) is 4.79 Å². The van der Waals surface area contributed by atoms with E-state index >= 15 is 0 Å². The second-order valence-corrected chi connectivity index (χ2v) is 10.2. The van der Waals surface area contributed by atoms with E-state index in [0.717, 1.165) is 41.7 Å². The van der Waals surface area contributed by atoms with E-state index in [1.54, 1.807) is 11.3 Å². The lowest BCUT2D eigenvalue weighted by Crippen LogP contribution is -2.48. The van der Waals surface area contributed by atoms with Gasteiger partial charge in [0.25, 0.3) is 11.6 Å². The molecule has 1 amide bonds. The maximum atomic E-state index is 13.7. The number of nitrogens with zero attached hydrogens (tertiary/aromatic N) is 4. The van der Waals surface area contributed by atoms with E-state index in [2.05, 4.69) is 40.2 Å². The predicted molar refractivity (Wildman–Crippen MR) is 133 cm³/mol. The van der Waals surface area contributed by atoms with Crippen molar-refractivity contribution in [3.8, 4) is 22.1 Å². The van der Waals surface area contributed by atoms with E-state index in [0.29, 0.717) is 48.7 Å². The molecule has 3 aromatic heterocycles. The van der Waals surface area contributed by atoms with Crippen molar-refractivity contribution in [1.82, 2.24) is 19.9 Å². The lowest BCUT2D eigenvalue weighted by atomic mass is 10.1. The number of rotatable bonds is 4. The lowest BCUT2D eigenvalue weighted by Gasteiger charge is -2.35. The average Bonchev–Trinajstić information content (AvgIpc) is 3.49. The molecule has 0 unspecified atom stereocenters. The van der Waals surface area contributed by atoms with E-state index in [4.69, 9.17) is 14.0 Å². The first kappa shape index (κ1) is 22.1. The Kier molecular flexibility index (Phi) is 5.66. The Balaban J connectivity index is 1.19. The van der Waals surface area contributed by atoms with Crippen molar-refractivity contribution in [2.45, 2.75) is 20.4 Å². The number of benzene rings is 1. The van der Waals surface area contributed by atoms with Crippen LogP contribution in [0.1, 0.15) is 26.5 Å². The normalized spacial score (nSPS) is 16.1. The first-order valence-electron chi connectivity index (χ1n) is 11.8. The Bertz CT molecular complexity index is 1400. The van der Waals surface area contributed by atoms with Gasteiger partial charge in [-0.15, -0.1) is 11.3 Å². The third-order valence-corrected chi connectivity index (χ3v) is 7.54. The van der Waals surface area contributed by atoms with Gasteiger partial charge in [0.15, 0.2) is 11.5 Å². The van der Waals surface area contributed by atoms with Crippen LogP contribution in [0.2, 0.25) is 0 Å². The van der Waals surface area contributed by atoms with Gasteiger partial charge in [-0.1, -0.05) is 11.2 Å². The Hall–Kier alpha value is -3.43. The van der Waals surface area contributed by atoms with Crippen LogP contribution in [0.15, 0.2) is 40.9 Å².